The van der Waals surface area contributed by atoms with Gasteiger partial charge in [0.15, 0.2) is 0 Å². The van der Waals surface area contributed by atoms with E-state index in [0.717, 1.165) is 17.2 Å². The summed E-state index contributed by atoms with van der Waals surface area (Å²) in [7, 11) is -3.43. The molecule has 3 rings (SSSR count). The summed E-state index contributed by atoms with van der Waals surface area (Å²) in [6.07, 6.45) is 0.116. The van der Waals surface area contributed by atoms with Crippen LogP contribution in [0.3, 0.4) is 0 Å². The number of H-pyrrole nitrogens is 1. The van der Waals surface area contributed by atoms with Crippen LogP contribution in [0.5, 0.6) is 0 Å². The van der Waals surface area contributed by atoms with E-state index < -0.39 is 22.2 Å². The molecule has 1 aromatic carbocycles. The van der Waals surface area contributed by atoms with Gasteiger partial charge in [0.05, 0.1) is 18.4 Å². The molecule has 3 N–H and O–H groups in total. The highest BCUT2D eigenvalue weighted by atomic mass is 32.2. The molecule has 0 spiro atoms. The number of amides is 1. The van der Waals surface area contributed by atoms with Gasteiger partial charge in [0.1, 0.15) is 5.69 Å². The topological polar surface area (TPSA) is 103 Å². The first kappa shape index (κ1) is 15.0. The monoisotopic (exact) mass is 323 g/mol. The summed E-state index contributed by atoms with van der Waals surface area (Å²) >= 11 is 0. The number of sulfonamides is 1. The molecule has 2 heterocycles. The van der Waals surface area contributed by atoms with Gasteiger partial charge in [0.25, 0.3) is 5.91 Å². The maximum atomic E-state index is 12.5. The van der Waals surface area contributed by atoms with Crippen LogP contribution in [0, 0.1) is 0 Å². The minimum Gasteiger partial charge on any atom is -0.390 e. The lowest BCUT2D eigenvalue weighted by Gasteiger charge is -2.15. The number of hydrogen-bond donors (Lipinski definition) is 3. The van der Waals surface area contributed by atoms with Gasteiger partial charge in [0.2, 0.25) is 10.0 Å². The number of para-hydroxylation sites is 1. The lowest BCUT2D eigenvalue weighted by atomic mass is 10.2. The maximum Gasteiger partial charge on any atom is 0.270 e. The molecule has 0 saturated carbocycles. The molecule has 1 aliphatic heterocycles. The zero-order valence-electron chi connectivity index (χ0n) is 12.0. The van der Waals surface area contributed by atoms with Crippen LogP contribution >= 0.6 is 0 Å². The van der Waals surface area contributed by atoms with E-state index in [9.17, 15) is 18.3 Å². The number of likely N-dealkylation sites (tertiary alicyclic amines) is 1. The summed E-state index contributed by atoms with van der Waals surface area (Å²) in [4.78, 5) is 17.0. The van der Waals surface area contributed by atoms with E-state index in [1.165, 1.54) is 4.90 Å². The molecular weight excluding hydrogens is 306 g/mol. The van der Waals surface area contributed by atoms with Crippen LogP contribution in [0.1, 0.15) is 10.5 Å². The van der Waals surface area contributed by atoms with Crippen molar-refractivity contribution in [1.82, 2.24) is 14.6 Å². The van der Waals surface area contributed by atoms with Gasteiger partial charge in [-0.3, -0.25) is 4.79 Å². The third-order valence-electron chi connectivity index (χ3n) is 3.70. The molecule has 0 bridgehead atoms. The number of aromatic nitrogens is 1. The number of carbonyl (C=O) groups excluding carboxylic acids is 1. The first-order chi connectivity index (χ1) is 10.3. The second kappa shape index (κ2) is 5.38. The molecule has 1 amide bonds. The zero-order chi connectivity index (χ0) is 15.9. The number of rotatable bonds is 3. The molecule has 2 aromatic rings. The Morgan fingerprint density at radius 1 is 1.36 bits per heavy atom. The molecule has 0 aliphatic carbocycles. The van der Waals surface area contributed by atoms with Gasteiger partial charge >= 0.3 is 0 Å². The molecule has 1 fully saturated rings. The van der Waals surface area contributed by atoms with Gasteiger partial charge in [-0.2, -0.15) is 0 Å². The number of carbonyl (C=O) groups is 1. The fourth-order valence-electron chi connectivity index (χ4n) is 2.70. The first-order valence-electron chi connectivity index (χ1n) is 6.86. The van der Waals surface area contributed by atoms with Crippen molar-refractivity contribution in [2.45, 2.75) is 12.1 Å². The lowest BCUT2D eigenvalue weighted by Crippen LogP contribution is -2.42. The third-order valence-corrected chi connectivity index (χ3v) is 4.43. The normalized spacial score (nSPS) is 22.4. The van der Waals surface area contributed by atoms with Crippen molar-refractivity contribution in [2.24, 2.45) is 0 Å². The second-order valence-corrected chi connectivity index (χ2v) is 7.32. The smallest absolute Gasteiger partial charge is 0.270 e. The predicted octanol–water partition coefficient (Wildman–Crippen LogP) is -0.0976. The van der Waals surface area contributed by atoms with Gasteiger partial charge < -0.3 is 15.0 Å². The number of β-amino-alcohol motifs (C(OH)–C–C–N with tert-alkyl or cyclic N) is 1. The molecule has 118 valence electrons. The molecule has 2 atom stereocenters. The molecule has 8 heteroatoms. The summed E-state index contributed by atoms with van der Waals surface area (Å²) in [6, 6.07) is 8.60. The largest absolute Gasteiger partial charge is 0.390 e. The van der Waals surface area contributed by atoms with Crippen molar-refractivity contribution in [2.75, 3.05) is 19.3 Å². The number of aliphatic hydroxyl groups is 1. The van der Waals surface area contributed by atoms with Crippen molar-refractivity contribution in [3.8, 4) is 0 Å². The van der Waals surface area contributed by atoms with E-state index in [1.807, 2.05) is 24.3 Å². The molecule has 0 unspecified atom stereocenters. The minimum atomic E-state index is -3.43. The molecule has 7 nitrogen and oxygen atoms in total. The number of nitrogens with zero attached hydrogens (tertiary/aromatic N) is 1. The average Bonchev–Trinajstić information content (AvgIpc) is 3.00. The van der Waals surface area contributed by atoms with Crippen molar-refractivity contribution >= 4 is 26.8 Å². The number of aliphatic hydroxyl groups excluding tert-OH is 1. The molecule has 1 aromatic heterocycles. The summed E-state index contributed by atoms with van der Waals surface area (Å²) in [5.74, 6) is -0.256. The minimum absolute atomic E-state index is 0.0986. The van der Waals surface area contributed by atoms with Crippen LogP contribution in [0.15, 0.2) is 30.3 Å². The molecule has 22 heavy (non-hydrogen) atoms. The number of fused-ring (bicyclic) bond motifs is 1. The number of hydrogen-bond acceptors (Lipinski definition) is 4. The van der Waals surface area contributed by atoms with E-state index >= 15 is 0 Å². The summed E-state index contributed by atoms with van der Waals surface area (Å²) in [5.41, 5.74) is 1.28. The second-order valence-electron chi connectivity index (χ2n) is 5.54. The Morgan fingerprint density at radius 2 is 2.09 bits per heavy atom. The van der Waals surface area contributed by atoms with Gasteiger partial charge in [-0.1, -0.05) is 18.2 Å². The summed E-state index contributed by atoms with van der Waals surface area (Å²) in [6.45, 7) is 0.240. The average molecular weight is 323 g/mol. The van der Waals surface area contributed by atoms with E-state index in [4.69, 9.17) is 0 Å². The quantitative estimate of drug-likeness (QED) is 0.734. The Labute approximate surface area is 128 Å². The highest BCUT2D eigenvalue weighted by Gasteiger charge is 2.36. The van der Waals surface area contributed by atoms with Crippen molar-refractivity contribution in [3.63, 3.8) is 0 Å². The van der Waals surface area contributed by atoms with E-state index in [-0.39, 0.29) is 19.0 Å². The Balaban J connectivity index is 1.78. The Morgan fingerprint density at radius 3 is 2.77 bits per heavy atom. The van der Waals surface area contributed by atoms with Crippen molar-refractivity contribution in [3.05, 3.63) is 36.0 Å². The summed E-state index contributed by atoms with van der Waals surface area (Å²) in [5, 5.41) is 10.9. The van der Waals surface area contributed by atoms with Crippen molar-refractivity contribution < 1.29 is 18.3 Å². The van der Waals surface area contributed by atoms with Gasteiger partial charge in [-0.25, -0.2) is 13.1 Å². The first-order valence-corrected chi connectivity index (χ1v) is 8.75. The van der Waals surface area contributed by atoms with E-state index in [2.05, 4.69) is 9.71 Å². The van der Waals surface area contributed by atoms with Crippen LogP contribution in [0.2, 0.25) is 0 Å². The molecule has 1 saturated heterocycles. The highest BCUT2D eigenvalue weighted by molar-refractivity contribution is 7.88. The number of nitrogens with one attached hydrogen (secondary N) is 2. The van der Waals surface area contributed by atoms with Crippen molar-refractivity contribution in [1.29, 1.82) is 0 Å². The van der Waals surface area contributed by atoms with Crippen LogP contribution in [0.25, 0.3) is 10.9 Å². The molecule has 0 radical (unpaired) electrons. The number of benzene rings is 1. The Hall–Kier alpha value is -1.90. The van der Waals surface area contributed by atoms with E-state index in [0.29, 0.717) is 5.69 Å². The third kappa shape index (κ3) is 2.99. The van der Waals surface area contributed by atoms with Gasteiger partial charge in [-0.05, 0) is 12.1 Å². The SMILES string of the molecule is CS(=O)(=O)N[C@@H]1CN(C(=O)c2cc3ccccc3[nH]2)C[C@H]1O. The zero-order valence-corrected chi connectivity index (χ0v) is 12.8. The molecule has 1 aliphatic rings. The van der Waals surface area contributed by atoms with Gasteiger partial charge in [0, 0.05) is 24.0 Å². The Kier molecular flexibility index (Phi) is 3.67. The van der Waals surface area contributed by atoms with Crippen LogP contribution in [-0.4, -0.2) is 60.8 Å². The standard InChI is InChI=1S/C14H17N3O4S/c1-22(20,21)16-12-7-17(8-13(12)18)14(19)11-6-9-4-2-3-5-10(9)15-11/h2-6,12-13,15-16,18H,7-8H2,1H3/t12-,13-/m1/s1. The fraction of sp³-hybridized carbons (Fsp3) is 0.357. The number of aromatic amines is 1. The lowest BCUT2D eigenvalue weighted by molar-refractivity contribution is 0.0760. The summed E-state index contributed by atoms with van der Waals surface area (Å²) < 4.78 is 24.9. The highest BCUT2D eigenvalue weighted by Crippen LogP contribution is 2.19. The Bertz CT molecular complexity index is 781. The van der Waals surface area contributed by atoms with Crippen LogP contribution in [-0.2, 0) is 10.0 Å². The fourth-order valence-corrected chi connectivity index (χ4v) is 3.48. The molecular formula is C14H17N3O4S. The van der Waals surface area contributed by atoms with E-state index in [1.54, 1.807) is 6.07 Å². The predicted molar refractivity (Wildman–Crippen MR) is 82.0 cm³/mol. The maximum absolute atomic E-state index is 12.5. The van der Waals surface area contributed by atoms with Gasteiger partial charge in [-0.15, -0.1) is 0 Å². The van der Waals surface area contributed by atoms with Crippen LogP contribution in [0.4, 0.5) is 0 Å². The van der Waals surface area contributed by atoms with Crippen LogP contribution < -0.4 is 4.72 Å².